The summed E-state index contributed by atoms with van der Waals surface area (Å²) in [4.78, 5) is 13.5. The molecular formula is C14H20N2O2. The van der Waals surface area contributed by atoms with Gasteiger partial charge in [-0.15, -0.1) is 0 Å². The second-order valence-corrected chi connectivity index (χ2v) is 4.88. The normalized spacial score (nSPS) is 18.5. The van der Waals surface area contributed by atoms with Gasteiger partial charge in [-0.3, -0.25) is 9.69 Å². The Hall–Kier alpha value is -1.55. The average molecular weight is 248 g/mol. The predicted octanol–water partition coefficient (Wildman–Crippen LogP) is 1.45. The third kappa shape index (κ3) is 2.64. The number of amides is 1. The van der Waals surface area contributed by atoms with Crippen molar-refractivity contribution in [2.75, 3.05) is 20.6 Å². The fourth-order valence-electron chi connectivity index (χ4n) is 2.65. The molecule has 0 saturated carbocycles. The molecule has 1 aliphatic carbocycles. The van der Waals surface area contributed by atoms with E-state index >= 15 is 0 Å². The van der Waals surface area contributed by atoms with Crippen LogP contribution in [-0.4, -0.2) is 36.6 Å². The Balaban J connectivity index is 2.19. The van der Waals surface area contributed by atoms with Crippen LogP contribution < -0.4 is 5.32 Å². The third-order valence-electron chi connectivity index (χ3n) is 3.61. The number of fused-ring (bicyclic) bond motifs is 1. The van der Waals surface area contributed by atoms with E-state index in [1.165, 1.54) is 11.1 Å². The van der Waals surface area contributed by atoms with Gasteiger partial charge < -0.3 is 10.4 Å². The van der Waals surface area contributed by atoms with E-state index in [0.29, 0.717) is 12.3 Å². The summed E-state index contributed by atoms with van der Waals surface area (Å²) in [5.74, 6) is 0.353. The van der Waals surface area contributed by atoms with Crippen LogP contribution in [0.5, 0.6) is 5.75 Å². The van der Waals surface area contributed by atoms with E-state index in [0.717, 1.165) is 19.3 Å². The lowest BCUT2D eigenvalue weighted by Crippen LogP contribution is -2.36. The number of aryl methyl sites for hydroxylation is 1. The molecule has 18 heavy (non-hydrogen) atoms. The number of carbonyl (C=O) groups excluding carboxylic acids is 1. The number of nitrogens with zero attached hydrogens (tertiary/aromatic N) is 1. The van der Waals surface area contributed by atoms with Crippen LogP contribution in [0.15, 0.2) is 18.2 Å². The number of hydrogen-bond donors (Lipinski definition) is 2. The molecule has 1 aliphatic rings. The summed E-state index contributed by atoms with van der Waals surface area (Å²) in [6.07, 6.45) is 3.17. The Morgan fingerprint density at radius 2 is 2.33 bits per heavy atom. The van der Waals surface area contributed by atoms with Crippen molar-refractivity contribution in [1.82, 2.24) is 10.2 Å². The Bertz CT molecular complexity index is 445. The summed E-state index contributed by atoms with van der Waals surface area (Å²) in [7, 11) is 3.63. The Kier molecular flexibility index (Phi) is 3.87. The maximum Gasteiger partial charge on any atom is 0.233 e. The fourth-order valence-corrected chi connectivity index (χ4v) is 2.65. The summed E-state index contributed by atoms with van der Waals surface area (Å²) >= 11 is 0. The lowest BCUT2D eigenvalue weighted by Gasteiger charge is -2.32. The number of likely N-dealkylation sites (N-methyl/N-ethyl adjacent to an activating group) is 2. The van der Waals surface area contributed by atoms with Crippen molar-refractivity contribution in [3.8, 4) is 5.75 Å². The van der Waals surface area contributed by atoms with Crippen LogP contribution in [0.2, 0.25) is 0 Å². The van der Waals surface area contributed by atoms with Gasteiger partial charge in [-0.05, 0) is 49.6 Å². The van der Waals surface area contributed by atoms with Crippen LogP contribution >= 0.6 is 0 Å². The molecule has 1 unspecified atom stereocenters. The van der Waals surface area contributed by atoms with Gasteiger partial charge >= 0.3 is 0 Å². The van der Waals surface area contributed by atoms with E-state index in [9.17, 15) is 9.90 Å². The van der Waals surface area contributed by atoms with Gasteiger partial charge in [0.2, 0.25) is 5.91 Å². The molecule has 0 bridgehead atoms. The van der Waals surface area contributed by atoms with Gasteiger partial charge in [-0.2, -0.15) is 0 Å². The first-order valence-corrected chi connectivity index (χ1v) is 6.34. The monoisotopic (exact) mass is 248 g/mol. The quantitative estimate of drug-likeness (QED) is 0.851. The Morgan fingerprint density at radius 3 is 3.06 bits per heavy atom. The molecule has 0 aliphatic heterocycles. The zero-order chi connectivity index (χ0) is 13.1. The van der Waals surface area contributed by atoms with Crippen LogP contribution in [0, 0.1) is 0 Å². The molecule has 0 spiro atoms. The summed E-state index contributed by atoms with van der Waals surface area (Å²) in [5.41, 5.74) is 2.44. The molecule has 0 heterocycles. The number of aromatic hydroxyl groups is 1. The molecule has 2 rings (SSSR count). The first kappa shape index (κ1) is 12.9. The molecule has 4 heteroatoms. The summed E-state index contributed by atoms with van der Waals surface area (Å²) in [6, 6.07) is 5.82. The lowest BCUT2D eigenvalue weighted by atomic mass is 9.87. The van der Waals surface area contributed by atoms with Crippen LogP contribution in [-0.2, 0) is 11.2 Å². The van der Waals surface area contributed by atoms with E-state index < -0.39 is 0 Å². The molecule has 0 aromatic heterocycles. The largest absolute Gasteiger partial charge is 0.508 e. The second kappa shape index (κ2) is 5.40. The molecule has 1 amide bonds. The summed E-state index contributed by atoms with van der Waals surface area (Å²) in [6.45, 7) is 0.404. The average Bonchev–Trinajstić information content (AvgIpc) is 2.37. The number of rotatable bonds is 3. The van der Waals surface area contributed by atoms with E-state index in [4.69, 9.17) is 0 Å². The zero-order valence-corrected chi connectivity index (χ0v) is 10.9. The molecule has 98 valence electrons. The molecule has 4 nitrogen and oxygen atoms in total. The van der Waals surface area contributed by atoms with Gasteiger partial charge in [0, 0.05) is 13.1 Å². The van der Waals surface area contributed by atoms with Crippen LogP contribution in [0.1, 0.15) is 30.0 Å². The molecule has 0 saturated heterocycles. The Labute approximate surface area is 108 Å². The molecular weight excluding hydrogens is 228 g/mol. The van der Waals surface area contributed by atoms with Crippen LogP contribution in [0.25, 0.3) is 0 Å². The van der Waals surface area contributed by atoms with Crippen LogP contribution in [0.4, 0.5) is 0 Å². The molecule has 1 aromatic carbocycles. The molecule has 0 radical (unpaired) electrons. The van der Waals surface area contributed by atoms with Gasteiger partial charge in [-0.1, -0.05) is 6.07 Å². The summed E-state index contributed by atoms with van der Waals surface area (Å²) < 4.78 is 0. The highest BCUT2D eigenvalue weighted by Crippen LogP contribution is 2.34. The number of phenols is 1. The SMILES string of the molecule is CNC(=O)CN(C)C1CCCc2cc(O)ccc21. The Morgan fingerprint density at radius 1 is 1.56 bits per heavy atom. The van der Waals surface area contributed by atoms with Crippen molar-refractivity contribution >= 4 is 5.91 Å². The number of phenolic OH excluding ortho intramolecular Hbond substituents is 1. The first-order chi connectivity index (χ1) is 8.61. The summed E-state index contributed by atoms with van der Waals surface area (Å²) in [5, 5.41) is 12.2. The minimum atomic E-state index is 0.0309. The number of hydrogen-bond acceptors (Lipinski definition) is 3. The zero-order valence-electron chi connectivity index (χ0n) is 10.9. The van der Waals surface area contributed by atoms with Gasteiger partial charge in [-0.25, -0.2) is 0 Å². The number of carbonyl (C=O) groups is 1. The highest BCUT2D eigenvalue weighted by molar-refractivity contribution is 5.77. The predicted molar refractivity (Wildman–Crippen MR) is 70.5 cm³/mol. The molecule has 1 aromatic rings. The van der Waals surface area contributed by atoms with E-state index in [1.54, 1.807) is 13.1 Å². The standard InChI is InChI=1S/C14H20N2O2/c1-15-14(18)9-16(2)13-5-3-4-10-8-11(17)6-7-12(10)13/h6-8,13,17H,3-5,9H2,1-2H3,(H,15,18). The van der Waals surface area contributed by atoms with Crippen molar-refractivity contribution in [3.05, 3.63) is 29.3 Å². The van der Waals surface area contributed by atoms with E-state index in [1.807, 2.05) is 19.2 Å². The topological polar surface area (TPSA) is 52.6 Å². The van der Waals surface area contributed by atoms with E-state index in [-0.39, 0.29) is 11.9 Å². The maximum atomic E-state index is 11.4. The number of benzene rings is 1. The maximum absolute atomic E-state index is 11.4. The van der Waals surface area contributed by atoms with Gasteiger partial charge in [0.25, 0.3) is 0 Å². The van der Waals surface area contributed by atoms with Crippen molar-refractivity contribution in [2.45, 2.75) is 25.3 Å². The van der Waals surface area contributed by atoms with Crippen molar-refractivity contribution in [1.29, 1.82) is 0 Å². The third-order valence-corrected chi connectivity index (χ3v) is 3.61. The van der Waals surface area contributed by atoms with Gasteiger partial charge in [0.05, 0.1) is 6.54 Å². The second-order valence-electron chi connectivity index (χ2n) is 4.88. The highest BCUT2D eigenvalue weighted by Gasteiger charge is 2.24. The molecule has 1 atom stereocenters. The van der Waals surface area contributed by atoms with Crippen LogP contribution in [0.3, 0.4) is 0 Å². The van der Waals surface area contributed by atoms with Gasteiger partial charge in [0.15, 0.2) is 0 Å². The van der Waals surface area contributed by atoms with Gasteiger partial charge in [0.1, 0.15) is 5.75 Å². The molecule has 0 fully saturated rings. The first-order valence-electron chi connectivity index (χ1n) is 6.34. The minimum Gasteiger partial charge on any atom is -0.508 e. The van der Waals surface area contributed by atoms with Crippen molar-refractivity contribution in [2.24, 2.45) is 0 Å². The highest BCUT2D eigenvalue weighted by atomic mass is 16.3. The van der Waals surface area contributed by atoms with E-state index in [2.05, 4.69) is 10.2 Å². The minimum absolute atomic E-state index is 0.0309. The molecule has 2 N–H and O–H groups in total. The fraction of sp³-hybridized carbons (Fsp3) is 0.500. The van der Waals surface area contributed by atoms with Crippen molar-refractivity contribution < 1.29 is 9.90 Å². The van der Waals surface area contributed by atoms with Crippen molar-refractivity contribution in [3.63, 3.8) is 0 Å². The lowest BCUT2D eigenvalue weighted by molar-refractivity contribution is -0.122. The smallest absolute Gasteiger partial charge is 0.233 e. The number of nitrogens with one attached hydrogen (secondary N) is 1.